The second-order valence-electron chi connectivity index (χ2n) is 6.22. The van der Waals surface area contributed by atoms with Crippen LogP contribution in [0.3, 0.4) is 0 Å². The molecule has 0 fully saturated rings. The van der Waals surface area contributed by atoms with Crippen molar-refractivity contribution in [3.05, 3.63) is 78.8 Å². The van der Waals surface area contributed by atoms with Gasteiger partial charge in [0.2, 0.25) is 0 Å². The van der Waals surface area contributed by atoms with Crippen molar-refractivity contribution in [2.45, 2.75) is 17.5 Å². The van der Waals surface area contributed by atoms with Crippen LogP contribution in [-0.4, -0.2) is 27.0 Å². The first kappa shape index (κ1) is 18.1. The molecule has 1 aliphatic rings. The monoisotopic (exact) mass is 398 g/mol. The molecule has 0 unspecified atom stereocenters. The fourth-order valence-corrected chi connectivity index (χ4v) is 4.48. The van der Waals surface area contributed by atoms with Crippen LogP contribution in [0.4, 0.5) is 5.69 Å². The molecule has 144 valence electrons. The Kier molecular flexibility index (Phi) is 4.79. The molecule has 4 rings (SSSR count). The summed E-state index contributed by atoms with van der Waals surface area (Å²) in [5, 5.41) is 2.72. The third-order valence-corrected chi connectivity index (χ3v) is 6.17. The second-order valence-corrected chi connectivity index (χ2v) is 8.08. The number of amides is 1. The van der Waals surface area contributed by atoms with Gasteiger partial charge in [0.1, 0.15) is 11.5 Å². The molecule has 1 aromatic heterocycles. The number of fused-ring (bicyclic) bond motifs is 1. The van der Waals surface area contributed by atoms with Crippen LogP contribution < -0.4 is 14.4 Å². The number of benzene rings is 2. The third-order valence-electron chi connectivity index (χ3n) is 4.38. The van der Waals surface area contributed by atoms with Crippen LogP contribution in [-0.2, 0) is 21.4 Å². The lowest BCUT2D eigenvalue weighted by Gasteiger charge is -2.34. The van der Waals surface area contributed by atoms with E-state index in [1.807, 2.05) is 0 Å². The summed E-state index contributed by atoms with van der Waals surface area (Å²) >= 11 is 0. The van der Waals surface area contributed by atoms with Crippen molar-refractivity contribution < 1.29 is 22.4 Å². The van der Waals surface area contributed by atoms with E-state index in [4.69, 9.17) is 9.15 Å². The van der Waals surface area contributed by atoms with Gasteiger partial charge in [0.15, 0.2) is 6.10 Å². The summed E-state index contributed by atoms with van der Waals surface area (Å²) in [5.41, 5.74) is 0.404. The first-order valence-corrected chi connectivity index (χ1v) is 10.1. The zero-order valence-electron chi connectivity index (χ0n) is 14.8. The van der Waals surface area contributed by atoms with Gasteiger partial charge in [-0.25, -0.2) is 8.42 Å². The molecule has 0 spiro atoms. The largest absolute Gasteiger partial charge is 0.476 e. The lowest BCUT2D eigenvalue weighted by atomic mass is 10.2. The van der Waals surface area contributed by atoms with Gasteiger partial charge < -0.3 is 14.5 Å². The normalized spacial score (nSPS) is 16.1. The molecular formula is C20H18N2O5S. The molecule has 0 bridgehead atoms. The van der Waals surface area contributed by atoms with Gasteiger partial charge in [0.05, 0.1) is 29.9 Å². The number of sulfonamides is 1. The van der Waals surface area contributed by atoms with Gasteiger partial charge in [0.25, 0.3) is 15.9 Å². The summed E-state index contributed by atoms with van der Waals surface area (Å²) in [4.78, 5) is 12.8. The van der Waals surface area contributed by atoms with E-state index in [2.05, 4.69) is 5.32 Å². The smallest absolute Gasteiger partial charge is 0.264 e. The molecule has 1 N–H and O–H groups in total. The van der Waals surface area contributed by atoms with Crippen molar-refractivity contribution in [2.24, 2.45) is 0 Å². The second kappa shape index (κ2) is 7.40. The number of anilines is 1. The highest BCUT2D eigenvalue weighted by Crippen LogP contribution is 2.36. The number of nitrogens with one attached hydrogen (secondary N) is 1. The SMILES string of the molecule is O=C(NCc1ccco1)[C@H]1CN(S(=O)(=O)c2ccccc2)c2ccccc2O1. The number of para-hydroxylation sites is 2. The van der Waals surface area contributed by atoms with Gasteiger partial charge in [-0.05, 0) is 36.4 Å². The summed E-state index contributed by atoms with van der Waals surface area (Å²) in [6, 6.07) is 18.4. The molecule has 0 saturated carbocycles. The Hall–Kier alpha value is -3.26. The molecule has 1 atom stereocenters. The Balaban J connectivity index is 1.62. The van der Waals surface area contributed by atoms with E-state index >= 15 is 0 Å². The van der Waals surface area contributed by atoms with E-state index in [1.165, 1.54) is 22.7 Å². The maximum Gasteiger partial charge on any atom is 0.264 e. The highest BCUT2D eigenvalue weighted by Gasteiger charge is 2.37. The minimum Gasteiger partial charge on any atom is -0.476 e. The first-order valence-electron chi connectivity index (χ1n) is 8.69. The Morgan fingerprint density at radius 3 is 2.54 bits per heavy atom. The van der Waals surface area contributed by atoms with Crippen molar-refractivity contribution in [2.75, 3.05) is 10.8 Å². The summed E-state index contributed by atoms with van der Waals surface area (Å²) in [6.45, 7) is 0.0665. The van der Waals surface area contributed by atoms with Gasteiger partial charge in [-0.15, -0.1) is 0 Å². The Morgan fingerprint density at radius 2 is 1.79 bits per heavy atom. The van der Waals surface area contributed by atoms with E-state index in [9.17, 15) is 13.2 Å². The van der Waals surface area contributed by atoms with E-state index in [0.717, 1.165) is 0 Å². The Bertz CT molecular complexity index is 1060. The third kappa shape index (κ3) is 3.46. The zero-order valence-corrected chi connectivity index (χ0v) is 15.6. The molecule has 7 nitrogen and oxygen atoms in total. The number of furan rings is 1. The summed E-state index contributed by atoms with van der Waals surface area (Å²) in [6.07, 6.45) is 0.534. The van der Waals surface area contributed by atoms with Gasteiger partial charge in [-0.3, -0.25) is 9.10 Å². The molecule has 8 heteroatoms. The highest BCUT2D eigenvalue weighted by atomic mass is 32.2. The van der Waals surface area contributed by atoms with Crippen LogP contribution in [0.15, 0.2) is 82.3 Å². The fraction of sp³-hybridized carbons (Fsp3) is 0.150. The average molecular weight is 398 g/mol. The molecule has 1 amide bonds. The van der Waals surface area contributed by atoms with E-state index in [0.29, 0.717) is 17.2 Å². The summed E-state index contributed by atoms with van der Waals surface area (Å²) < 4.78 is 38.6. The quantitative estimate of drug-likeness (QED) is 0.714. The maximum atomic E-state index is 13.2. The van der Waals surface area contributed by atoms with Crippen LogP contribution in [0.2, 0.25) is 0 Å². The predicted molar refractivity (Wildman–Crippen MR) is 102 cm³/mol. The molecular weight excluding hydrogens is 380 g/mol. The molecule has 0 saturated heterocycles. The lowest BCUT2D eigenvalue weighted by Crippen LogP contribution is -2.50. The molecule has 1 aliphatic heterocycles. The number of ether oxygens (including phenoxy) is 1. The van der Waals surface area contributed by atoms with Gasteiger partial charge in [-0.1, -0.05) is 30.3 Å². The fourth-order valence-electron chi connectivity index (χ4n) is 2.99. The average Bonchev–Trinajstić information content (AvgIpc) is 3.25. The van der Waals surface area contributed by atoms with Crippen LogP contribution in [0.1, 0.15) is 5.76 Å². The molecule has 3 aromatic rings. The maximum absolute atomic E-state index is 13.2. The van der Waals surface area contributed by atoms with Crippen molar-refractivity contribution in [3.8, 4) is 5.75 Å². The van der Waals surface area contributed by atoms with Crippen molar-refractivity contribution in [1.29, 1.82) is 0 Å². The molecule has 2 aromatic carbocycles. The zero-order chi connectivity index (χ0) is 19.6. The van der Waals surface area contributed by atoms with Crippen LogP contribution in [0, 0.1) is 0 Å². The van der Waals surface area contributed by atoms with Crippen molar-refractivity contribution in [3.63, 3.8) is 0 Å². The van der Waals surface area contributed by atoms with Crippen LogP contribution in [0.25, 0.3) is 0 Å². The predicted octanol–water partition coefficient (Wildman–Crippen LogP) is 2.55. The van der Waals surface area contributed by atoms with Crippen LogP contribution in [0.5, 0.6) is 5.75 Å². The highest BCUT2D eigenvalue weighted by molar-refractivity contribution is 7.92. The lowest BCUT2D eigenvalue weighted by molar-refractivity contribution is -0.128. The standard InChI is InChI=1S/C20H18N2O5S/c23-20(21-13-15-7-6-12-26-15)19-14-22(17-10-4-5-11-18(17)27-19)28(24,25)16-8-2-1-3-9-16/h1-12,19H,13-14H2,(H,21,23)/t19-/m1/s1. The Morgan fingerprint density at radius 1 is 1.04 bits per heavy atom. The molecule has 0 radical (unpaired) electrons. The minimum atomic E-state index is -3.85. The number of hydrogen-bond donors (Lipinski definition) is 1. The van der Waals surface area contributed by atoms with Gasteiger partial charge in [-0.2, -0.15) is 0 Å². The van der Waals surface area contributed by atoms with Crippen molar-refractivity contribution in [1.82, 2.24) is 5.32 Å². The number of rotatable bonds is 5. The van der Waals surface area contributed by atoms with Gasteiger partial charge >= 0.3 is 0 Å². The number of carbonyl (C=O) groups is 1. The topological polar surface area (TPSA) is 88.9 Å². The van der Waals surface area contributed by atoms with E-state index in [1.54, 1.807) is 54.6 Å². The van der Waals surface area contributed by atoms with E-state index < -0.39 is 22.0 Å². The summed E-state index contributed by atoms with van der Waals surface area (Å²) in [7, 11) is -3.85. The summed E-state index contributed by atoms with van der Waals surface area (Å²) in [5.74, 6) is 0.517. The number of nitrogens with zero attached hydrogens (tertiary/aromatic N) is 1. The Labute approximate surface area is 162 Å². The number of carbonyl (C=O) groups excluding carboxylic acids is 1. The molecule has 0 aliphatic carbocycles. The van der Waals surface area contributed by atoms with Crippen LogP contribution >= 0.6 is 0 Å². The molecule has 2 heterocycles. The molecule has 28 heavy (non-hydrogen) atoms. The number of hydrogen-bond acceptors (Lipinski definition) is 5. The van der Waals surface area contributed by atoms with E-state index in [-0.39, 0.29) is 18.0 Å². The first-order chi connectivity index (χ1) is 13.6. The van der Waals surface area contributed by atoms with Crippen molar-refractivity contribution >= 4 is 21.6 Å². The van der Waals surface area contributed by atoms with Gasteiger partial charge in [0, 0.05) is 0 Å². The minimum absolute atomic E-state index is 0.127.